The molecule has 0 bridgehead atoms. The molecule has 0 N–H and O–H groups in total. The van der Waals surface area contributed by atoms with E-state index in [9.17, 15) is 13.2 Å². The van der Waals surface area contributed by atoms with Gasteiger partial charge in [-0.15, -0.1) is 5.10 Å². The van der Waals surface area contributed by atoms with E-state index in [1.54, 1.807) is 18.2 Å². The number of benzene rings is 1. The first-order valence-corrected chi connectivity index (χ1v) is 7.89. The molecule has 0 amide bonds. The molecule has 0 aliphatic heterocycles. The molecule has 0 atom stereocenters. The molecule has 1 saturated carbocycles. The third kappa shape index (κ3) is 3.18. The molecule has 26 heavy (non-hydrogen) atoms. The van der Waals surface area contributed by atoms with Gasteiger partial charge in [-0.1, -0.05) is 0 Å². The van der Waals surface area contributed by atoms with Crippen LogP contribution in [-0.2, 0) is 0 Å². The van der Waals surface area contributed by atoms with Gasteiger partial charge in [-0.2, -0.15) is 23.5 Å². The third-order valence-corrected chi connectivity index (χ3v) is 4.00. The van der Waals surface area contributed by atoms with Crippen molar-refractivity contribution in [1.29, 1.82) is 5.26 Å². The Hall–Kier alpha value is -3.15. The minimum absolute atomic E-state index is 0.216. The molecule has 0 saturated heterocycles. The smallest absolute Gasteiger partial charge is 0.422 e. The van der Waals surface area contributed by atoms with Crippen LogP contribution in [0.2, 0.25) is 0 Å². The summed E-state index contributed by atoms with van der Waals surface area (Å²) in [5.74, 6) is 0.358. The van der Waals surface area contributed by atoms with Crippen molar-refractivity contribution in [2.24, 2.45) is 0 Å². The molecule has 1 aromatic carbocycles. The molecule has 3 aromatic rings. The number of imidazole rings is 1. The van der Waals surface area contributed by atoms with E-state index in [-0.39, 0.29) is 11.9 Å². The maximum absolute atomic E-state index is 12.3. The summed E-state index contributed by atoms with van der Waals surface area (Å²) in [6, 6.07) is 8.94. The monoisotopic (exact) mass is 359 g/mol. The first-order valence-electron chi connectivity index (χ1n) is 7.89. The van der Waals surface area contributed by atoms with Gasteiger partial charge in [0, 0.05) is 17.7 Å². The van der Waals surface area contributed by atoms with E-state index < -0.39 is 12.8 Å². The lowest BCUT2D eigenvalue weighted by Gasteiger charge is -2.10. The van der Waals surface area contributed by atoms with Gasteiger partial charge >= 0.3 is 6.18 Å². The highest BCUT2D eigenvalue weighted by molar-refractivity contribution is 5.82. The topological polar surface area (TPSA) is 76.6 Å². The molecule has 0 unspecified atom stereocenters. The Morgan fingerprint density at radius 1 is 1.27 bits per heavy atom. The van der Waals surface area contributed by atoms with Crippen LogP contribution >= 0.6 is 0 Å². The highest BCUT2D eigenvalue weighted by Crippen LogP contribution is 2.41. The minimum atomic E-state index is -4.45. The normalized spacial score (nSPS) is 14.4. The largest absolute Gasteiger partial charge is 0.467 e. The van der Waals surface area contributed by atoms with Gasteiger partial charge in [0.05, 0.1) is 28.9 Å². The summed E-state index contributed by atoms with van der Waals surface area (Å²) in [6.45, 7) is -1.43. The molecule has 2 heterocycles. The van der Waals surface area contributed by atoms with Crippen LogP contribution in [0.15, 0.2) is 30.5 Å². The van der Waals surface area contributed by atoms with E-state index in [1.807, 2.05) is 4.57 Å². The summed E-state index contributed by atoms with van der Waals surface area (Å²) in [7, 11) is 0. The molecule has 132 valence electrons. The number of alkyl halides is 3. The molecule has 1 fully saturated rings. The molecule has 2 aromatic heterocycles. The van der Waals surface area contributed by atoms with Gasteiger partial charge in [0.25, 0.3) is 0 Å². The first kappa shape index (κ1) is 16.3. The average Bonchev–Trinajstić information content (AvgIpc) is 3.39. The number of nitriles is 1. The first-order chi connectivity index (χ1) is 12.4. The molecular formula is C17H12F3N5O. The Bertz CT molecular complexity index is 1020. The molecule has 1 aliphatic rings. The predicted molar refractivity (Wildman–Crippen MR) is 85.3 cm³/mol. The van der Waals surface area contributed by atoms with Crippen LogP contribution in [0.3, 0.4) is 0 Å². The zero-order chi connectivity index (χ0) is 18.3. The SMILES string of the molecule is N#Cc1ccc2nc(-c3cnnc(OCC(F)(F)F)c3)n(C3CC3)c2c1. The van der Waals surface area contributed by atoms with Crippen LogP contribution in [0.4, 0.5) is 13.2 Å². The van der Waals surface area contributed by atoms with E-state index in [4.69, 9.17) is 5.26 Å². The zero-order valence-electron chi connectivity index (χ0n) is 13.4. The second-order valence-electron chi connectivity index (χ2n) is 6.04. The van der Waals surface area contributed by atoms with Crippen LogP contribution < -0.4 is 4.74 Å². The Balaban J connectivity index is 1.77. The number of fused-ring (bicyclic) bond motifs is 1. The average molecular weight is 359 g/mol. The molecule has 6 nitrogen and oxygen atoms in total. The van der Waals surface area contributed by atoms with Gasteiger partial charge in [-0.25, -0.2) is 4.98 Å². The minimum Gasteiger partial charge on any atom is -0.467 e. The standard InChI is InChI=1S/C17H12F3N5O/c18-17(19,20)9-26-15-6-11(8-22-24-15)16-23-13-4-1-10(7-21)5-14(13)25(16)12-2-3-12/h1,4-6,8,12H,2-3,9H2. The molecule has 0 radical (unpaired) electrons. The van der Waals surface area contributed by atoms with Gasteiger partial charge in [-0.05, 0) is 31.0 Å². The van der Waals surface area contributed by atoms with Crippen molar-refractivity contribution in [1.82, 2.24) is 19.7 Å². The quantitative estimate of drug-likeness (QED) is 0.711. The second-order valence-corrected chi connectivity index (χ2v) is 6.04. The van der Waals surface area contributed by atoms with Crippen molar-refractivity contribution >= 4 is 11.0 Å². The Morgan fingerprint density at radius 2 is 2.08 bits per heavy atom. The van der Waals surface area contributed by atoms with E-state index in [0.29, 0.717) is 22.5 Å². The molecular weight excluding hydrogens is 347 g/mol. The summed E-state index contributed by atoms with van der Waals surface area (Å²) >= 11 is 0. The summed E-state index contributed by atoms with van der Waals surface area (Å²) in [5, 5.41) is 16.4. The summed E-state index contributed by atoms with van der Waals surface area (Å²) in [4.78, 5) is 4.58. The fraction of sp³-hybridized carbons (Fsp3) is 0.294. The van der Waals surface area contributed by atoms with Crippen molar-refractivity contribution in [3.63, 3.8) is 0 Å². The van der Waals surface area contributed by atoms with Crippen molar-refractivity contribution < 1.29 is 17.9 Å². The van der Waals surface area contributed by atoms with Crippen LogP contribution in [0.5, 0.6) is 5.88 Å². The number of hydrogen-bond donors (Lipinski definition) is 0. The van der Waals surface area contributed by atoms with Crippen LogP contribution in [-0.4, -0.2) is 32.5 Å². The van der Waals surface area contributed by atoms with E-state index in [0.717, 1.165) is 18.4 Å². The molecule has 1 aliphatic carbocycles. The third-order valence-electron chi connectivity index (χ3n) is 4.00. The summed E-state index contributed by atoms with van der Waals surface area (Å²) in [6.07, 6.45) is -1.06. The van der Waals surface area contributed by atoms with Gasteiger partial charge in [0.2, 0.25) is 5.88 Å². The van der Waals surface area contributed by atoms with E-state index in [2.05, 4.69) is 26.0 Å². The van der Waals surface area contributed by atoms with Crippen LogP contribution in [0.1, 0.15) is 24.4 Å². The van der Waals surface area contributed by atoms with Crippen LogP contribution in [0, 0.1) is 11.3 Å². The van der Waals surface area contributed by atoms with Crippen molar-refractivity contribution in [2.75, 3.05) is 6.61 Å². The number of halogens is 3. The van der Waals surface area contributed by atoms with Gasteiger partial charge in [0.15, 0.2) is 6.61 Å². The van der Waals surface area contributed by atoms with E-state index >= 15 is 0 Å². The number of ether oxygens (including phenoxy) is 1. The number of aromatic nitrogens is 4. The van der Waals surface area contributed by atoms with Crippen LogP contribution in [0.25, 0.3) is 22.4 Å². The number of hydrogen-bond acceptors (Lipinski definition) is 5. The molecule has 0 spiro atoms. The molecule has 4 rings (SSSR count). The maximum Gasteiger partial charge on any atom is 0.422 e. The second kappa shape index (κ2) is 5.98. The lowest BCUT2D eigenvalue weighted by atomic mass is 10.2. The summed E-state index contributed by atoms with van der Waals surface area (Å²) in [5.41, 5.74) is 2.56. The van der Waals surface area contributed by atoms with Crippen molar-refractivity contribution in [3.05, 3.63) is 36.0 Å². The van der Waals surface area contributed by atoms with Crippen molar-refractivity contribution in [2.45, 2.75) is 25.1 Å². The maximum atomic E-state index is 12.3. The molecule has 9 heteroatoms. The fourth-order valence-corrected chi connectivity index (χ4v) is 2.76. The highest BCUT2D eigenvalue weighted by atomic mass is 19.4. The Kier molecular flexibility index (Phi) is 3.76. The highest BCUT2D eigenvalue weighted by Gasteiger charge is 2.30. The predicted octanol–water partition coefficient (Wildman–Crippen LogP) is 3.64. The van der Waals surface area contributed by atoms with Crippen molar-refractivity contribution in [3.8, 4) is 23.3 Å². The summed E-state index contributed by atoms with van der Waals surface area (Å²) < 4.78 is 43.7. The number of rotatable bonds is 4. The van der Waals surface area contributed by atoms with E-state index in [1.165, 1.54) is 12.3 Å². The lowest BCUT2D eigenvalue weighted by molar-refractivity contribution is -0.154. The van der Waals surface area contributed by atoms with Gasteiger partial charge in [-0.3, -0.25) is 0 Å². The zero-order valence-corrected chi connectivity index (χ0v) is 13.4. The van der Waals surface area contributed by atoms with Gasteiger partial charge in [0.1, 0.15) is 5.82 Å². The fourth-order valence-electron chi connectivity index (χ4n) is 2.76. The number of nitrogens with zero attached hydrogens (tertiary/aromatic N) is 5. The Labute approximate surface area is 145 Å². The lowest BCUT2D eigenvalue weighted by Crippen LogP contribution is -2.19. The Morgan fingerprint density at radius 3 is 2.77 bits per heavy atom. The van der Waals surface area contributed by atoms with Gasteiger partial charge < -0.3 is 9.30 Å².